The third-order valence-electron chi connectivity index (χ3n) is 6.17. The van der Waals surface area contributed by atoms with E-state index in [9.17, 15) is 19.5 Å². The van der Waals surface area contributed by atoms with Gasteiger partial charge in [-0.15, -0.1) is 6.42 Å². The Morgan fingerprint density at radius 1 is 0.837 bits per heavy atom. The van der Waals surface area contributed by atoms with Crippen LogP contribution in [0.1, 0.15) is 79.1 Å². The van der Waals surface area contributed by atoms with E-state index in [2.05, 4.69) is 23.5 Å². The van der Waals surface area contributed by atoms with E-state index < -0.39 is 41.6 Å². The topological polar surface area (TPSA) is 151 Å². The van der Waals surface area contributed by atoms with Crippen LogP contribution in [-0.4, -0.2) is 107 Å². The highest BCUT2D eigenvalue weighted by Crippen LogP contribution is 2.15. The maximum Gasteiger partial charge on any atom is 0.407 e. The fourth-order valence-electron chi connectivity index (χ4n) is 3.95. The summed E-state index contributed by atoms with van der Waals surface area (Å²) in [7, 11) is 1.22. The predicted molar refractivity (Wildman–Crippen MR) is 162 cm³/mol. The summed E-state index contributed by atoms with van der Waals surface area (Å²) >= 11 is 0. The number of nitrogens with one attached hydrogen (secondary N) is 2. The van der Waals surface area contributed by atoms with E-state index in [4.69, 9.17) is 34.8 Å². The van der Waals surface area contributed by atoms with Crippen molar-refractivity contribution in [1.29, 1.82) is 0 Å². The molecule has 3 atom stereocenters. The molecule has 0 aliphatic carbocycles. The lowest BCUT2D eigenvalue weighted by Gasteiger charge is -2.25. The molecule has 0 aliphatic rings. The quantitative estimate of drug-likeness (QED) is 0.0752. The third kappa shape index (κ3) is 23.7. The summed E-state index contributed by atoms with van der Waals surface area (Å²) in [5.41, 5.74) is -0.646. The van der Waals surface area contributed by atoms with Gasteiger partial charge in [0.1, 0.15) is 12.2 Å². The molecular weight excluding hydrogens is 560 g/mol. The van der Waals surface area contributed by atoms with Gasteiger partial charge in [0.05, 0.1) is 52.9 Å². The SMILES string of the molecule is C#CCOCCOCCOCCOCCC[C@@H](CCNC(=O)OC(C)(C)C)C(=O)N[C@H](C(=O)OC)[C@H](O)CCCCCC. The Kier molecular flexibility index (Phi) is 24.5. The zero-order valence-electron chi connectivity index (χ0n) is 27.0. The lowest BCUT2D eigenvalue weighted by atomic mass is 9.96. The maximum absolute atomic E-state index is 13.3. The fraction of sp³-hybridized carbons (Fsp3) is 0.839. The van der Waals surface area contributed by atoms with Crippen molar-refractivity contribution in [1.82, 2.24) is 10.6 Å². The first-order valence-electron chi connectivity index (χ1n) is 15.3. The van der Waals surface area contributed by atoms with Crippen molar-refractivity contribution in [3.63, 3.8) is 0 Å². The number of unbranched alkanes of at least 4 members (excludes halogenated alkanes) is 3. The van der Waals surface area contributed by atoms with Gasteiger partial charge in [-0.1, -0.05) is 38.5 Å². The van der Waals surface area contributed by atoms with Crippen LogP contribution in [0.3, 0.4) is 0 Å². The summed E-state index contributed by atoms with van der Waals surface area (Å²) in [6, 6.07) is -1.17. The molecule has 0 fully saturated rings. The molecule has 0 aromatic rings. The summed E-state index contributed by atoms with van der Waals surface area (Å²) < 4.78 is 31.7. The van der Waals surface area contributed by atoms with Crippen molar-refractivity contribution < 1.29 is 47.9 Å². The first kappa shape index (κ1) is 40.6. The molecule has 0 saturated heterocycles. The van der Waals surface area contributed by atoms with Crippen LogP contribution in [0.2, 0.25) is 0 Å². The average molecular weight is 617 g/mol. The van der Waals surface area contributed by atoms with E-state index in [1.807, 2.05) is 0 Å². The van der Waals surface area contributed by atoms with E-state index in [1.165, 1.54) is 7.11 Å². The number of rotatable bonds is 26. The summed E-state index contributed by atoms with van der Waals surface area (Å²) in [6.45, 7) is 10.8. The molecule has 250 valence electrons. The molecule has 0 spiro atoms. The van der Waals surface area contributed by atoms with Gasteiger partial charge in [0, 0.05) is 19.1 Å². The number of alkyl carbamates (subject to hydrolysis) is 1. The number of amides is 2. The van der Waals surface area contributed by atoms with Gasteiger partial charge in [0.25, 0.3) is 0 Å². The van der Waals surface area contributed by atoms with Gasteiger partial charge in [0.2, 0.25) is 5.91 Å². The minimum Gasteiger partial charge on any atom is -0.467 e. The molecule has 12 nitrogen and oxygen atoms in total. The number of hydrogen-bond acceptors (Lipinski definition) is 10. The van der Waals surface area contributed by atoms with E-state index in [0.29, 0.717) is 71.9 Å². The largest absolute Gasteiger partial charge is 0.467 e. The molecule has 3 N–H and O–H groups in total. The van der Waals surface area contributed by atoms with Crippen LogP contribution in [0.25, 0.3) is 0 Å². The van der Waals surface area contributed by atoms with Crippen LogP contribution in [0, 0.1) is 18.3 Å². The molecule has 0 aromatic carbocycles. The van der Waals surface area contributed by atoms with Crippen molar-refractivity contribution in [3.05, 3.63) is 0 Å². The Labute approximate surface area is 258 Å². The van der Waals surface area contributed by atoms with Gasteiger partial charge in [-0.2, -0.15) is 0 Å². The lowest BCUT2D eigenvalue weighted by Crippen LogP contribution is -2.51. The Morgan fingerprint density at radius 3 is 2.00 bits per heavy atom. The minimum absolute atomic E-state index is 0.197. The zero-order chi connectivity index (χ0) is 32.3. The van der Waals surface area contributed by atoms with Gasteiger partial charge in [-0.25, -0.2) is 9.59 Å². The molecule has 0 radical (unpaired) electrons. The van der Waals surface area contributed by atoms with Gasteiger partial charge in [-0.3, -0.25) is 4.79 Å². The molecule has 0 unspecified atom stereocenters. The fourth-order valence-corrected chi connectivity index (χ4v) is 3.95. The van der Waals surface area contributed by atoms with E-state index in [0.717, 1.165) is 25.7 Å². The first-order valence-corrected chi connectivity index (χ1v) is 15.3. The van der Waals surface area contributed by atoms with Gasteiger partial charge >= 0.3 is 12.1 Å². The predicted octanol–water partition coefficient (Wildman–Crippen LogP) is 2.99. The van der Waals surface area contributed by atoms with Crippen LogP contribution in [-0.2, 0) is 38.0 Å². The average Bonchev–Trinajstić information content (AvgIpc) is 2.95. The molecular formula is C31H56N2O10. The molecule has 0 heterocycles. The summed E-state index contributed by atoms with van der Waals surface area (Å²) in [5, 5.41) is 16.0. The highest BCUT2D eigenvalue weighted by molar-refractivity contribution is 5.86. The summed E-state index contributed by atoms with van der Waals surface area (Å²) in [4.78, 5) is 37.7. The first-order chi connectivity index (χ1) is 20.6. The normalized spacial score (nSPS) is 13.4. The van der Waals surface area contributed by atoms with E-state index >= 15 is 0 Å². The number of ether oxygens (including phenoxy) is 6. The smallest absolute Gasteiger partial charge is 0.407 e. The molecule has 43 heavy (non-hydrogen) atoms. The second kappa shape index (κ2) is 26.0. The molecule has 0 bridgehead atoms. The van der Waals surface area contributed by atoms with E-state index in [1.54, 1.807) is 20.8 Å². The number of carbonyl (C=O) groups is 3. The number of methoxy groups -OCH3 is 1. The summed E-state index contributed by atoms with van der Waals surface area (Å²) in [6.07, 6.45) is 8.87. The van der Waals surface area contributed by atoms with Crippen LogP contribution < -0.4 is 10.6 Å². The van der Waals surface area contributed by atoms with Crippen LogP contribution in [0.5, 0.6) is 0 Å². The number of terminal acetylenes is 1. The molecule has 0 saturated carbocycles. The monoisotopic (exact) mass is 616 g/mol. The molecule has 0 rings (SSSR count). The standard InChI is InChI=1S/C31H56N2O10/c1-7-9-10-11-14-26(34)27(29(36)38-6)33-28(35)25(15-16-32-30(37)43-31(3,4)5)13-12-18-40-20-22-42-24-23-41-21-19-39-17-8-2/h2,25-27,34H,7,9-24H2,1,3-6H3,(H,32,37)(H,33,35)/t25-,26+,27-/m0/s1. The maximum atomic E-state index is 13.3. The number of hydrogen-bond donors (Lipinski definition) is 3. The van der Waals surface area contributed by atoms with Crippen molar-refractivity contribution >= 4 is 18.0 Å². The number of esters is 1. The highest BCUT2D eigenvalue weighted by Gasteiger charge is 2.31. The highest BCUT2D eigenvalue weighted by atomic mass is 16.6. The van der Waals surface area contributed by atoms with Crippen LogP contribution in [0.15, 0.2) is 0 Å². The van der Waals surface area contributed by atoms with Gasteiger partial charge < -0.3 is 44.2 Å². The Morgan fingerprint density at radius 2 is 1.44 bits per heavy atom. The molecule has 12 heteroatoms. The zero-order valence-corrected chi connectivity index (χ0v) is 27.0. The van der Waals surface area contributed by atoms with Crippen molar-refractivity contribution in [3.8, 4) is 12.3 Å². The number of aliphatic hydroxyl groups excluding tert-OH is 1. The summed E-state index contributed by atoms with van der Waals surface area (Å²) in [5.74, 6) is 0.736. The van der Waals surface area contributed by atoms with Crippen LogP contribution in [0.4, 0.5) is 4.79 Å². The second-order valence-corrected chi connectivity index (χ2v) is 11.1. The lowest BCUT2D eigenvalue weighted by molar-refractivity contribution is -0.149. The number of aliphatic hydroxyl groups is 1. The Balaban J connectivity index is 4.75. The van der Waals surface area contributed by atoms with Crippen LogP contribution >= 0.6 is 0 Å². The number of carbonyl (C=O) groups excluding carboxylic acids is 3. The second-order valence-electron chi connectivity index (χ2n) is 11.1. The van der Waals surface area contributed by atoms with Gasteiger partial charge in [-0.05, 0) is 46.5 Å². The molecule has 0 aliphatic heterocycles. The third-order valence-corrected chi connectivity index (χ3v) is 6.17. The van der Waals surface area contributed by atoms with Crippen molar-refractivity contribution in [2.45, 2.75) is 96.8 Å². The Bertz CT molecular complexity index is 782. The van der Waals surface area contributed by atoms with Gasteiger partial charge in [0.15, 0.2) is 6.04 Å². The van der Waals surface area contributed by atoms with Crippen molar-refractivity contribution in [2.75, 3.05) is 66.5 Å². The molecule has 0 aromatic heterocycles. The van der Waals surface area contributed by atoms with E-state index in [-0.39, 0.29) is 13.2 Å². The van der Waals surface area contributed by atoms with Crippen molar-refractivity contribution in [2.24, 2.45) is 5.92 Å². The Hall–Kier alpha value is -2.43. The minimum atomic E-state index is -1.17. The molecule has 2 amide bonds.